The number of nitrogens with zero attached hydrogens (tertiary/aromatic N) is 2. The number of carbonyl (C=O) groups excluding carboxylic acids is 2. The van der Waals surface area contributed by atoms with Crippen LogP contribution in [-0.2, 0) is 26.2 Å². The zero-order valence-corrected chi connectivity index (χ0v) is 19.3. The molecule has 1 atom stereocenters. The molecule has 0 aromatic heterocycles. The number of rotatable bonds is 7. The average Bonchev–Trinajstić information content (AvgIpc) is 2.76. The summed E-state index contributed by atoms with van der Waals surface area (Å²) in [5.74, 6) is -0.145. The van der Waals surface area contributed by atoms with Crippen molar-refractivity contribution in [1.29, 1.82) is 0 Å². The lowest BCUT2D eigenvalue weighted by Crippen LogP contribution is -2.70. The standard InChI is InChI=1S/C22H27N3O6S/c1-22(21(27)23-13-16-8-6-5-7-9-16)15-24(32(4,28)29)14-20(26)25(22)17-10-18(30-2)12-19(11-17)31-3/h5-12H,13-15H2,1-4H3,(H,23,27)/t22-/m0/s1. The zero-order valence-electron chi connectivity index (χ0n) is 18.5. The van der Waals surface area contributed by atoms with Crippen molar-refractivity contribution >= 4 is 27.5 Å². The molecule has 0 aliphatic carbocycles. The molecule has 0 saturated carbocycles. The van der Waals surface area contributed by atoms with Crippen molar-refractivity contribution in [2.75, 3.05) is 38.5 Å². The van der Waals surface area contributed by atoms with Crippen molar-refractivity contribution in [2.24, 2.45) is 0 Å². The summed E-state index contributed by atoms with van der Waals surface area (Å²) in [5.41, 5.74) is -0.261. The largest absolute Gasteiger partial charge is 0.497 e. The highest BCUT2D eigenvalue weighted by molar-refractivity contribution is 7.88. The molecule has 1 fully saturated rings. The molecule has 2 amide bonds. The molecule has 2 aromatic carbocycles. The highest BCUT2D eigenvalue weighted by Gasteiger charge is 2.50. The van der Waals surface area contributed by atoms with Crippen LogP contribution < -0.4 is 19.7 Å². The number of amides is 2. The van der Waals surface area contributed by atoms with E-state index in [1.165, 1.54) is 19.1 Å². The van der Waals surface area contributed by atoms with E-state index in [4.69, 9.17) is 9.47 Å². The maximum absolute atomic E-state index is 13.4. The van der Waals surface area contributed by atoms with Crippen LogP contribution in [0.4, 0.5) is 5.69 Å². The molecule has 1 aliphatic heterocycles. The van der Waals surface area contributed by atoms with Gasteiger partial charge < -0.3 is 14.8 Å². The number of hydrogen-bond donors (Lipinski definition) is 1. The van der Waals surface area contributed by atoms with E-state index >= 15 is 0 Å². The van der Waals surface area contributed by atoms with Gasteiger partial charge in [0.05, 0.1) is 32.7 Å². The molecule has 0 spiro atoms. The maximum atomic E-state index is 13.4. The molecular formula is C22H27N3O6S. The van der Waals surface area contributed by atoms with Crippen LogP contribution in [0.15, 0.2) is 48.5 Å². The second-order valence-electron chi connectivity index (χ2n) is 7.77. The van der Waals surface area contributed by atoms with Gasteiger partial charge in [0, 0.05) is 31.3 Å². The first kappa shape index (κ1) is 23.6. The molecule has 0 unspecified atom stereocenters. The Morgan fingerprint density at radius 1 is 1.09 bits per heavy atom. The van der Waals surface area contributed by atoms with Gasteiger partial charge in [0.25, 0.3) is 0 Å². The Kier molecular flexibility index (Phi) is 6.75. The lowest BCUT2D eigenvalue weighted by atomic mass is 9.94. The fourth-order valence-corrected chi connectivity index (χ4v) is 4.52. The number of benzene rings is 2. The van der Waals surface area contributed by atoms with Crippen molar-refractivity contribution in [3.05, 3.63) is 54.1 Å². The lowest BCUT2D eigenvalue weighted by Gasteiger charge is -2.46. The van der Waals surface area contributed by atoms with Gasteiger partial charge in [-0.1, -0.05) is 30.3 Å². The minimum Gasteiger partial charge on any atom is -0.497 e. The number of ether oxygens (including phenoxy) is 2. The van der Waals surface area contributed by atoms with Gasteiger partial charge in [-0.05, 0) is 12.5 Å². The van der Waals surface area contributed by atoms with Gasteiger partial charge in [-0.15, -0.1) is 0 Å². The van der Waals surface area contributed by atoms with E-state index in [0.717, 1.165) is 16.1 Å². The van der Waals surface area contributed by atoms with Crippen LogP contribution >= 0.6 is 0 Å². The summed E-state index contributed by atoms with van der Waals surface area (Å²) >= 11 is 0. The van der Waals surface area contributed by atoms with Gasteiger partial charge in [0.2, 0.25) is 21.8 Å². The lowest BCUT2D eigenvalue weighted by molar-refractivity contribution is -0.133. The monoisotopic (exact) mass is 461 g/mol. The quantitative estimate of drug-likeness (QED) is 0.668. The van der Waals surface area contributed by atoms with E-state index in [1.54, 1.807) is 25.1 Å². The average molecular weight is 462 g/mol. The molecule has 0 bridgehead atoms. The highest BCUT2D eigenvalue weighted by atomic mass is 32.2. The number of sulfonamides is 1. The molecule has 2 aromatic rings. The van der Waals surface area contributed by atoms with Gasteiger partial charge in [-0.25, -0.2) is 8.42 Å². The number of piperazine rings is 1. The van der Waals surface area contributed by atoms with Crippen molar-refractivity contribution in [3.63, 3.8) is 0 Å². The van der Waals surface area contributed by atoms with Gasteiger partial charge >= 0.3 is 0 Å². The topological polar surface area (TPSA) is 105 Å². The van der Waals surface area contributed by atoms with Crippen LogP contribution in [0.3, 0.4) is 0 Å². The van der Waals surface area contributed by atoms with E-state index in [0.29, 0.717) is 17.2 Å². The maximum Gasteiger partial charge on any atom is 0.247 e. The van der Waals surface area contributed by atoms with Crippen LogP contribution in [0, 0.1) is 0 Å². The van der Waals surface area contributed by atoms with Crippen LogP contribution in [-0.4, -0.2) is 63.6 Å². The molecule has 172 valence electrons. The van der Waals surface area contributed by atoms with Crippen LogP contribution in [0.2, 0.25) is 0 Å². The molecule has 10 heteroatoms. The number of nitrogens with one attached hydrogen (secondary N) is 1. The molecule has 1 N–H and O–H groups in total. The minimum atomic E-state index is -3.71. The zero-order chi connectivity index (χ0) is 23.5. The Balaban J connectivity index is 2.03. The smallest absolute Gasteiger partial charge is 0.247 e. The Labute approximate surface area is 188 Å². The summed E-state index contributed by atoms with van der Waals surface area (Å²) in [4.78, 5) is 27.9. The predicted molar refractivity (Wildman–Crippen MR) is 120 cm³/mol. The minimum absolute atomic E-state index is 0.197. The molecule has 9 nitrogen and oxygen atoms in total. The molecule has 1 heterocycles. The molecule has 0 radical (unpaired) electrons. The molecule has 3 rings (SSSR count). The van der Waals surface area contributed by atoms with Crippen molar-refractivity contribution < 1.29 is 27.5 Å². The van der Waals surface area contributed by atoms with Gasteiger partial charge in [0.1, 0.15) is 17.0 Å². The molecule has 1 saturated heterocycles. The molecular weight excluding hydrogens is 434 g/mol. The fraction of sp³-hybridized carbons (Fsp3) is 0.364. The SMILES string of the molecule is COc1cc(OC)cc(N2C(=O)CN(S(C)(=O)=O)C[C@@]2(C)C(=O)NCc2ccccc2)c1. The second-order valence-corrected chi connectivity index (χ2v) is 9.76. The van der Waals surface area contributed by atoms with Crippen LogP contribution in [0.5, 0.6) is 11.5 Å². The number of carbonyl (C=O) groups is 2. The Bertz CT molecular complexity index is 1080. The van der Waals surface area contributed by atoms with E-state index in [9.17, 15) is 18.0 Å². The van der Waals surface area contributed by atoms with Gasteiger partial charge in [-0.3, -0.25) is 14.5 Å². The van der Waals surface area contributed by atoms with Crippen LogP contribution in [0.25, 0.3) is 0 Å². The number of methoxy groups -OCH3 is 2. The van der Waals surface area contributed by atoms with Crippen molar-refractivity contribution in [2.45, 2.75) is 19.0 Å². The first-order valence-corrected chi connectivity index (χ1v) is 11.8. The first-order chi connectivity index (χ1) is 15.1. The van der Waals surface area contributed by atoms with Crippen molar-refractivity contribution in [3.8, 4) is 11.5 Å². The fourth-order valence-electron chi connectivity index (χ4n) is 3.69. The van der Waals surface area contributed by atoms with E-state index in [-0.39, 0.29) is 19.6 Å². The summed E-state index contributed by atoms with van der Waals surface area (Å²) < 4.78 is 36.1. The van der Waals surface area contributed by atoms with E-state index in [1.807, 2.05) is 30.3 Å². The Morgan fingerprint density at radius 3 is 2.22 bits per heavy atom. The normalized spacial score (nSPS) is 19.5. The van der Waals surface area contributed by atoms with Gasteiger partial charge in [0.15, 0.2) is 0 Å². The third-order valence-electron chi connectivity index (χ3n) is 5.39. The van der Waals surface area contributed by atoms with E-state index < -0.39 is 27.4 Å². The molecule has 32 heavy (non-hydrogen) atoms. The van der Waals surface area contributed by atoms with E-state index in [2.05, 4.69) is 5.32 Å². The van der Waals surface area contributed by atoms with Crippen molar-refractivity contribution in [1.82, 2.24) is 9.62 Å². The van der Waals surface area contributed by atoms with Gasteiger partial charge in [-0.2, -0.15) is 4.31 Å². The summed E-state index contributed by atoms with van der Waals surface area (Å²) in [6.45, 7) is 1.21. The third-order valence-corrected chi connectivity index (χ3v) is 6.58. The highest BCUT2D eigenvalue weighted by Crippen LogP contribution is 2.35. The number of anilines is 1. The third kappa shape index (κ3) is 4.86. The summed E-state index contributed by atoms with van der Waals surface area (Å²) in [6, 6.07) is 14.2. The van der Waals surface area contributed by atoms with Crippen LogP contribution in [0.1, 0.15) is 12.5 Å². The summed E-state index contributed by atoms with van der Waals surface area (Å²) in [7, 11) is -0.745. The number of hydrogen-bond acceptors (Lipinski definition) is 6. The molecule has 1 aliphatic rings. The first-order valence-electron chi connectivity index (χ1n) is 9.92. The Hall–Kier alpha value is -3.11. The summed E-state index contributed by atoms with van der Waals surface area (Å²) in [5, 5.41) is 2.84. The summed E-state index contributed by atoms with van der Waals surface area (Å²) in [6.07, 6.45) is 1.02. The Morgan fingerprint density at radius 2 is 1.69 bits per heavy atom. The second kappa shape index (κ2) is 9.17. The predicted octanol–water partition coefficient (Wildman–Crippen LogP) is 1.39.